The van der Waals surface area contributed by atoms with Crippen molar-refractivity contribution in [3.63, 3.8) is 0 Å². The molecule has 0 spiro atoms. The topological polar surface area (TPSA) is 94.5 Å². The van der Waals surface area contributed by atoms with Gasteiger partial charge in [-0.1, -0.05) is 11.8 Å². The molecule has 23 heavy (non-hydrogen) atoms. The Balaban J connectivity index is 1.73. The lowest BCUT2D eigenvalue weighted by atomic mass is 10.3. The molecule has 2 heterocycles. The number of thioether (sulfide) groups is 1. The molecule has 0 aliphatic heterocycles. The van der Waals surface area contributed by atoms with E-state index >= 15 is 0 Å². The Labute approximate surface area is 136 Å². The van der Waals surface area contributed by atoms with E-state index in [4.69, 9.17) is 5.73 Å². The lowest BCUT2D eigenvalue weighted by Crippen LogP contribution is -2.06. The van der Waals surface area contributed by atoms with Gasteiger partial charge in [-0.05, 0) is 24.3 Å². The predicted molar refractivity (Wildman–Crippen MR) is 86.7 cm³/mol. The van der Waals surface area contributed by atoms with Crippen molar-refractivity contribution in [1.29, 1.82) is 0 Å². The number of imidazole rings is 1. The Morgan fingerprint density at radius 3 is 2.70 bits per heavy atom. The first-order chi connectivity index (χ1) is 11.1. The monoisotopic (exact) mass is 331 g/mol. The summed E-state index contributed by atoms with van der Waals surface area (Å²) < 4.78 is 14.8. The number of aryl methyl sites for hydroxylation is 1. The molecule has 3 rings (SSSR count). The minimum atomic E-state index is -0.308. The van der Waals surface area contributed by atoms with Gasteiger partial charge in [0.1, 0.15) is 11.6 Å². The summed E-state index contributed by atoms with van der Waals surface area (Å²) in [5.74, 6) is 1.18. The second kappa shape index (κ2) is 6.61. The van der Waals surface area contributed by atoms with Crippen molar-refractivity contribution in [3.8, 4) is 0 Å². The van der Waals surface area contributed by atoms with Gasteiger partial charge in [0.2, 0.25) is 11.9 Å². The van der Waals surface area contributed by atoms with Crippen LogP contribution in [0.5, 0.6) is 0 Å². The fraction of sp³-hybridized carbons (Fsp3) is 0.143. The van der Waals surface area contributed by atoms with Gasteiger partial charge in [-0.3, -0.25) is 0 Å². The molecule has 0 radical (unpaired) electrons. The van der Waals surface area contributed by atoms with Crippen molar-refractivity contribution >= 4 is 29.3 Å². The lowest BCUT2D eigenvalue weighted by molar-refractivity contribution is 0.628. The SMILES string of the molecule is Cn1ccnc1SCc1nc(N)nc(Nc2ccc(F)cc2)n1. The summed E-state index contributed by atoms with van der Waals surface area (Å²) in [4.78, 5) is 16.7. The first-order valence-corrected chi connectivity index (χ1v) is 7.72. The number of nitrogens with zero attached hydrogens (tertiary/aromatic N) is 5. The number of nitrogen functional groups attached to an aromatic ring is 1. The lowest BCUT2D eigenvalue weighted by Gasteiger charge is -2.07. The standard InChI is InChI=1S/C14H14FN7S/c1-22-7-6-17-14(22)23-8-11-19-12(16)21-13(20-11)18-10-4-2-9(15)3-5-10/h2-7H,8H2,1H3,(H3,16,18,19,20,21). The van der Waals surface area contributed by atoms with Gasteiger partial charge in [-0.15, -0.1) is 0 Å². The molecule has 3 aromatic rings. The van der Waals surface area contributed by atoms with E-state index in [1.54, 1.807) is 18.3 Å². The highest BCUT2D eigenvalue weighted by atomic mass is 32.2. The summed E-state index contributed by atoms with van der Waals surface area (Å²) in [6.07, 6.45) is 3.59. The maximum atomic E-state index is 12.9. The average Bonchev–Trinajstić information content (AvgIpc) is 2.92. The smallest absolute Gasteiger partial charge is 0.232 e. The van der Waals surface area contributed by atoms with E-state index in [0.717, 1.165) is 5.16 Å². The van der Waals surface area contributed by atoms with Crippen LogP contribution in [0.15, 0.2) is 41.8 Å². The van der Waals surface area contributed by atoms with E-state index in [9.17, 15) is 4.39 Å². The fourth-order valence-corrected chi connectivity index (χ4v) is 2.63. The molecule has 3 N–H and O–H groups in total. The third kappa shape index (κ3) is 3.95. The number of hydrogen-bond acceptors (Lipinski definition) is 7. The van der Waals surface area contributed by atoms with Crippen molar-refractivity contribution in [2.75, 3.05) is 11.1 Å². The quantitative estimate of drug-likeness (QED) is 0.693. The van der Waals surface area contributed by atoms with Gasteiger partial charge in [0.15, 0.2) is 5.16 Å². The van der Waals surface area contributed by atoms with E-state index in [-0.39, 0.29) is 11.8 Å². The largest absolute Gasteiger partial charge is 0.368 e. The normalized spacial score (nSPS) is 10.7. The molecule has 0 atom stereocenters. The number of aromatic nitrogens is 5. The number of halogens is 1. The number of hydrogen-bond donors (Lipinski definition) is 2. The van der Waals surface area contributed by atoms with Crippen molar-refractivity contribution in [1.82, 2.24) is 24.5 Å². The molecule has 0 bridgehead atoms. The minimum absolute atomic E-state index is 0.125. The van der Waals surface area contributed by atoms with Gasteiger partial charge >= 0.3 is 0 Å². The molecule has 9 heteroatoms. The second-order valence-electron chi connectivity index (χ2n) is 4.67. The van der Waals surface area contributed by atoms with Crippen LogP contribution in [0.4, 0.5) is 22.0 Å². The first kappa shape index (κ1) is 15.2. The van der Waals surface area contributed by atoms with Gasteiger partial charge in [0.05, 0.1) is 5.75 Å². The number of rotatable bonds is 5. The molecular weight excluding hydrogens is 317 g/mol. The molecule has 0 fully saturated rings. The Morgan fingerprint density at radius 2 is 2.00 bits per heavy atom. The summed E-state index contributed by atoms with van der Waals surface area (Å²) in [5.41, 5.74) is 6.39. The summed E-state index contributed by atoms with van der Waals surface area (Å²) in [6.45, 7) is 0. The van der Waals surface area contributed by atoms with Crippen LogP contribution in [0.2, 0.25) is 0 Å². The van der Waals surface area contributed by atoms with E-state index in [2.05, 4.69) is 25.3 Å². The molecular formula is C14H14FN7S. The summed E-state index contributed by atoms with van der Waals surface area (Å²) in [5, 5.41) is 3.84. The van der Waals surface area contributed by atoms with E-state index < -0.39 is 0 Å². The van der Waals surface area contributed by atoms with Crippen LogP contribution in [0, 0.1) is 5.82 Å². The van der Waals surface area contributed by atoms with Crippen LogP contribution in [0.3, 0.4) is 0 Å². The summed E-state index contributed by atoms with van der Waals surface area (Å²) in [6, 6.07) is 5.89. The Bertz CT molecular complexity index is 803. The highest BCUT2D eigenvalue weighted by Gasteiger charge is 2.08. The molecule has 1 aromatic carbocycles. The first-order valence-electron chi connectivity index (χ1n) is 6.73. The summed E-state index contributed by atoms with van der Waals surface area (Å²) >= 11 is 1.50. The molecule has 0 aliphatic rings. The second-order valence-corrected chi connectivity index (χ2v) is 5.62. The Morgan fingerprint density at radius 1 is 1.22 bits per heavy atom. The predicted octanol–water partition coefficient (Wildman–Crippen LogP) is 2.36. The molecule has 0 aliphatic carbocycles. The maximum Gasteiger partial charge on any atom is 0.232 e. The molecule has 0 saturated carbocycles. The number of nitrogens with one attached hydrogen (secondary N) is 1. The highest BCUT2D eigenvalue weighted by Crippen LogP contribution is 2.20. The Kier molecular flexibility index (Phi) is 4.38. The summed E-state index contributed by atoms with van der Waals surface area (Å²) in [7, 11) is 1.92. The number of nitrogens with two attached hydrogens (primary N) is 1. The zero-order valence-corrected chi connectivity index (χ0v) is 13.1. The van der Waals surface area contributed by atoms with E-state index in [1.165, 1.54) is 23.9 Å². The molecule has 118 valence electrons. The van der Waals surface area contributed by atoms with Gasteiger partial charge in [0, 0.05) is 25.1 Å². The van der Waals surface area contributed by atoms with Crippen molar-refractivity contribution in [2.45, 2.75) is 10.9 Å². The van der Waals surface area contributed by atoms with Crippen molar-refractivity contribution in [2.24, 2.45) is 7.05 Å². The number of benzene rings is 1. The molecule has 0 unspecified atom stereocenters. The Hall–Kier alpha value is -2.68. The minimum Gasteiger partial charge on any atom is -0.368 e. The molecule has 0 amide bonds. The van der Waals surface area contributed by atoms with Gasteiger partial charge in [-0.25, -0.2) is 9.37 Å². The van der Waals surface area contributed by atoms with Crippen LogP contribution >= 0.6 is 11.8 Å². The molecule has 0 saturated heterocycles. The average molecular weight is 331 g/mol. The van der Waals surface area contributed by atoms with E-state index in [0.29, 0.717) is 23.2 Å². The van der Waals surface area contributed by atoms with Gasteiger partial charge in [0.25, 0.3) is 0 Å². The highest BCUT2D eigenvalue weighted by molar-refractivity contribution is 7.98. The zero-order chi connectivity index (χ0) is 16.2. The van der Waals surface area contributed by atoms with E-state index in [1.807, 2.05) is 17.8 Å². The van der Waals surface area contributed by atoms with Crippen LogP contribution in [0.1, 0.15) is 5.82 Å². The van der Waals surface area contributed by atoms with Crippen LogP contribution in [-0.4, -0.2) is 24.5 Å². The maximum absolute atomic E-state index is 12.9. The zero-order valence-electron chi connectivity index (χ0n) is 12.3. The van der Waals surface area contributed by atoms with Crippen molar-refractivity contribution < 1.29 is 4.39 Å². The third-order valence-electron chi connectivity index (χ3n) is 2.91. The fourth-order valence-electron chi connectivity index (χ4n) is 1.84. The third-order valence-corrected chi connectivity index (χ3v) is 3.96. The number of anilines is 3. The van der Waals surface area contributed by atoms with Gasteiger partial charge < -0.3 is 15.6 Å². The van der Waals surface area contributed by atoms with Crippen molar-refractivity contribution in [3.05, 3.63) is 48.3 Å². The molecule has 2 aromatic heterocycles. The van der Waals surface area contributed by atoms with Crippen LogP contribution in [-0.2, 0) is 12.8 Å². The van der Waals surface area contributed by atoms with Crippen LogP contribution in [0.25, 0.3) is 0 Å². The molecule has 7 nitrogen and oxygen atoms in total. The van der Waals surface area contributed by atoms with Gasteiger partial charge in [-0.2, -0.15) is 15.0 Å². The van der Waals surface area contributed by atoms with Crippen LogP contribution < -0.4 is 11.1 Å².